The summed E-state index contributed by atoms with van der Waals surface area (Å²) in [5.41, 5.74) is 5.34. The summed E-state index contributed by atoms with van der Waals surface area (Å²) >= 11 is 13.6. The van der Waals surface area contributed by atoms with E-state index in [4.69, 9.17) is 28.9 Å². The molecule has 0 saturated carbocycles. The molecule has 0 aromatic heterocycles. The van der Waals surface area contributed by atoms with Gasteiger partial charge in [0.05, 0.1) is 0 Å². The first kappa shape index (κ1) is 22.6. The van der Waals surface area contributed by atoms with Crippen molar-refractivity contribution in [2.75, 3.05) is 0 Å². The molecule has 0 atom stereocenters. The van der Waals surface area contributed by atoms with Crippen molar-refractivity contribution >= 4 is 61.6 Å². The lowest BCUT2D eigenvalue weighted by Gasteiger charge is -2.21. The maximum Gasteiger partial charge on any atom is 0.318 e. The van der Waals surface area contributed by atoms with Gasteiger partial charge in [0.1, 0.15) is 4.32 Å². The van der Waals surface area contributed by atoms with Gasteiger partial charge >= 0.3 is 6.03 Å². The predicted octanol–water partition coefficient (Wildman–Crippen LogP) is 3.58. The van der Waals surface area contributed by atoms with Crippen LogP contribution in [-0.2, 0) is 4.79 Å². The van der Waals surface area contributed by atoms with Crippen molar-refractivity contribution in [3.05, 3.63) is 35.4 Å². The predicted molar refractivity (Wildman–Crippen MR) is 96.8 cm³/mol. The molecule has 6 nitrogen and oxygen atoms in total. The molecule has 24 heavy (non-hydrogen) atoms. The van der Waals surface area contributed by atoms with Gasteiger partial charge in [-0.1, -0.05) is 48.0 Å². The SMILES string of the molecule is CCC(Br)(CC)C(=O)NC(N)=O.O=C(Cl)c1cccc(C(=O)Cl)c1. The highest BCUT2D eigenvalue weighted by Crippen LogP contribution is 2.26. The number of carbonyl (C=O) groups excluding carboxylic acids is 4. The summed E-state index contributed by atoms with van der Waals surface area (Å²) in [5, 5.41) is 0.834. The van der Waals surface area contributed by atoms with Gasteiger partial charge in [-0.25, -0.2) is 4.79 Å². The van der Waals surface area contributed by atoms with Crippen LogP contribution < -0.4 is 11.1 Å². The average Bonchev–Trinajstić information content (AvgIpc) is 2.54. The number of alkyl halides is 1. The zero-order valence-corrected chi connectivity index (χ0v) is 16.2. The van der Waals surface area contributed by atoms with E-state index in [1.54, 1.807) is 6.07 Å². The molecule has 0 aliphatic rings. The molecule has 1 aromatic carbocycles. The summed E-state index contributed by atoms with van der Waals surface area (Å²) in [4.78, 5) is 42.9. The monoisotopic (exact) mass is 438 g/mol. The van der Waals surface area contributed by atoms with Crippen molar-refractivity contribution in [1.82, 2.24) is 5.32 Å². The molecule has 0 bridgehead atoms. The largest absolute Gasteiger partial charge is 0.351 e. The van der Waals surface area contributed by atoms with Crippen molar-refractivity contribution in [3.8, 4) is 0 Å². The lowest BCUT2D eigenvalue weighted by atomic mass is 10.0. The highest BCUT2D eigenvalue weighted by Gasteiger charge is 2.32. The Kier molecular flexibility index (Phi) is 9.80. The molecule has 0 aliphatic carbocycles. The second kappa shape index (κ2) is 10.4. The highest BCUT2D eigenvalue weighted by molar-refractivity contribution is 9.10. The topological polar surface area (TPSA) is 106 Å². The molecular formula is C15H17BrCl2N2O4. The van der Waals surface area contributed by atoms with Crippen LogP contribution in [-0.4, -0.2) is 26.7 Å². The van der Waals surface area contributed by atoms with E-state index in [-0.39, 0.29) is 17.0 Å². The summed E-state index contributed by atoms with van der Waals surface area (Å²) in [6.45, 7) is 3.72. The van der Waals surface area contributed by atoms with Crippen LogP contribution in [0, 0.1) is 0 Å². The number of nitrogens with one attached hydrogen (secondary N) is 1. The van der Waals surface area contributed by atoms with E-state index in [1.807, 2.05) is 19.2 Å². The summed E-state index contributed by atoms with van der Waals surface area (Å²) in [5.74, 6) is -0.375. The van der Waals surface area contributed by atoms with Crippen molar-refractivity contribution in [1.29, 1.82) is 0 Å². The third kappa shape index (κ3) is 7.42. The van der Waals surface area contributed by atoms with Crippen LogP contribution in [0.25, 0.3) is 0 Å². The Morgan fingerprint density at radius 3 is 1.79 bits per heavy atom. The molecule has 0 spiro atoms. The number of benzene rings is 1. The van der Waals surface area contributed by atoms with E-state index in [0.717, 1.165) is 0 Å². The third-order valence-electron chi connectivity index (χ3n) is 3.08. The van der Waals surface area contributed by atoms with Crippen LogP contribution in [0.1, 0.15) is 47.4 Å². The van der Waals surface area contributed by atoms with Crippen LogP contribution in [0.2, 0.25) is 0 Å². The summed E-state index contributed by atoms with van der Waals surface area (Å²) < 4.78 is -0.665. The van der Waals surface area contributed by atoms with Crippen LogP contribution in [0.3, 0.4) is 0 Å². The van der Waals surface area contributed by atoms with E-state index >= 15 is 0 Å². The average molecular weight is 440 g/mol. The highest BCUT2D eigenvalue weighted by atomic mass is 79.9. The van der Waals surface area contributed by atoms with Crippen molar-refractivity contribution in [2.24, 2.45) is 5.73 Å². The molecule has 1 aromatic rings. The van der Waals surface area contributed by atoms with Crippen LogP contribution in [0.15, 0.2) is 24.3 Å². The van der Waals surface area contributed by atoms with E-state index in [0.29, 0.717) is 12.8 Å². The fraction of sp³-hybridized carbons (Fsp3) is 0.333. The number of primary amides is 1. The molecule has 3 N–H and O–H groups in total. The minimum absolute atomic E-state index is 0.267. The zero-order chi connectivity index (χ0) is 18.9. The Labute approximate surface area is 158 Å². The smallest absolute Gasteiger partial charge is 0.318 e. The summed E-state index contributed by atoms with van der Waals surface area (Å²) in [6.07, 6.45) is 1.23. The standard InChI is InChI=1S/C8H4Cl2O2.C7H13BrN2O2/c9-7(11)5-2-1-3-6(4-5)8(10)12;1-3-7(8,4-2)5(11)10-6(9)12/h1-4H;3-4H2,1-2H3,(H3,9,10,11,12). The second-order valence-electron chi connectivity index (χ2n) is 4.62. The van der Waals surface area contributed by atoms with Gasteiger partial charge in [0.2, 0.25) is 5.91 Å². The van der Waals surface area contributed by atoms with E-state index in [2.05, 4.69) is 15.9 Å². The quantitative estimate of drug-likeness (QED) is 0.539. The minimum Gasteiger partial charge on any atom is -0.351 e. The fourth-order valence-electron chi connectivity index (χ4n) is 1.56. The fourth-order valence-corrected chi connectivity index (χ4v) is 1.89. The van der Waals surface area contributed by atoms with Gasteiger partial charge in [0.25, 0.3) is 10.5 Å². The lowest BCUT2D eigenvalue weighted by molar-refractivity contribution is -0.122. The van der Waals surface area contributed by atoms with E-state index < -0.39 is 20.8 Å². The number of nitrogens with two attached hydrogens (primary N) is 1. The second-order valence-corrected chi connectivity index (χ2v) is 6.82. The van der Waals surface area contributed by atoms with Crippen molar-refractivity contribution in [3.63, 3.8) is 0 Å². The first-order valence-electron chi connectivity index (χ1n) is 6.86. The number of hydrogen-bond acceptors (Lipinski definition) is 4. The third-order valence-corrected chi connectivity index (χ3v) is 5.00. The molecule has 9 heteroatoms. The van der Waals surface area contributed by atoms with Gasteiger partial charge in [-0.2, -0.15) is 0 Å². The molecule has 0 aliphatic heterocycles. The number of halogens is 3. The Hall–Kier alpha value is -1.44. The van der Waals surface area contributed by atoms with Gasteiger partial charge in [0.15, 0.2) is 0 Å². The Morgan fingerprint density at radius 2 is 1.50 bits per heavy atom. The number of urea groups is 1. The first-order chi connectivity index (χ1) is 11.1. The number of hydrogen-bond donors (Lipinski definition) is 2. The summed E-state index contributed by atoms with van der Waals surface area (Å²) in [7, 11) is 0. The number of rotatable bonds is 5. The van der Waals surface area contributed by atoms with Crippen LogP contribution in [0.4, 0.5) is 4.79 Å². The van der Waals surface area contributed by atoms with Crippen molar-refractivity contribution in [2.45, 2.75) is 31.0 Å². The van der Waals surface area contributed by atoms with Gasteiger partial charge in [0, 0.05) is 11.1 Å². The maximum atomic E-state index is 11.3. The van der Waals surface area contributed by atoms with Gasteiger partial charge < -0.3 is 5.73 Å². The molecule has 0 heterocycles. The molecule has 3 amide bonds. The molecular weight excluding hydrogens is 423 g/mol. The molecule has 0 unspecified atom stereocenters. The number of carbonyl (C=O) groups is 4. The van der Waals surface area contributed by atoms with E-state index in [1.165, 1.54) is 18.2 Å². The van der Waals surface area contributed by atoms with E-state index in [9.17, 15) is 19.2 Å². The van der Waals surface area contributed by atoms with Gasteiger partial charge in [-0.3, -0.25) is 19.7 Å². The molecule has 0 fully saturated rings. The number of amides is 3. The Bertz CT molecular complexity index is 604. The molecule has 0 saturated heterocycles. The van der Waals surface area contributed by atoms with Crippen molar-refractivity contribution < 1.29 is 19.2 Å². The zero-order valence-electron chi connectivity index (χ0n) is 13.1. The molecule has 132 valence electrons. The first-order valence-corrected chi connectivity index (χ1v) is 8.41. The molecule has 1 rings (SSSR count). The maximum absolute atomic E-state index is 11.3. The number of imide groups is 1. The Morgan fingerprint density at radius 1 is 1.08 bits per heavy atom. The van der Waals surface area contributed by atoms with Crippen LogP contribution >= 0.6 is 39.1 Å². The normalized spacial score (nSPS) is 10.2. The minimum atomic E-state index is -0.814. The molecule has 0 radical (unpaired) electrons. The van der Waals surface area contributed by atoms with Gasteiger partial charge in [-0.05, 0) is 42.1 Å². The lowest BCUT2D eigenvalue weighted by Crippen LogP contribution is -2.46. The van der Waals surface area contributed by atoms with Gasteiger partial charge in [-0.15, -0.1) is 0 Å². The Balaban J connectivity index is 0.000000441. The van der Waals surface area contributed by atoms with Crippen LogP contribution in [0.5, 0.6) is 0 Å². The summed E-state index contributed by atoms with van der Waals surface area (Å²) in [6, 6.07) is 5.11.